The van der Waals surface area contributed by atoms with E-state index in [1.807, 2.05) is 0 Å². The molecule has 2 N–H and O–H groups in total. The predicted octanol–water partition coefficient (Wildman–Crippen LogP) is 1.49. The van der Waals surface area contributed by atoms with Crippen LogP contribution in [0.2, 0.25) is 0 Å². The van der Waals surface area contributed by atoms with Crippen molar-refractivity contribution in [1.82, 2.24) is 15.0 Å². The first-order valence-electron chi connectivity index (χ1n) is 4.91. The van der Waals surface area contributed by atoms with Gasteiger partial charge in [0.1, 0.15) is 12.0 Å². The van der Waals surface area contributed by atoms with Crippen LogP contribution in [-0.2, 0) is 0 Å². The molecule has 0 radical (unpaired) electrons. The van der Waals surface area contributed by atoms with Gasteiger partial charge in [-0.25, -0.2) is 14.8 Å². The Balaban J connectivity index is 2.55. The lowest BCUT2D eigenvalue weighted by molar-refractivity contribution is 0.0691. The molecule has 0 unspecified atom stereocenters. The van der Waals surface area contributed by atoms with Gasteiger partial charge in [-0.2, -0.15) is 0 Å². The quantitative estimate of drug-likeness (QED) is 0.838. The molecule has 6 nitrogen and oxygen atoms in total. The van der Waals surface area contributed by atoms with Gasteiger partial charge in [-0.3, -0.25) is 0 Å². The zero-order valence-electron chi connectivity index (χ0n) is 9.39. The number of H-pyrrole nitrogens is 1. The number of hydrogen-bond donors (Lipinski definition) is 2. The molecule has 0 aromatic carbocycles. The van der Waals surface area contributed by atoms with E-state index in [9.17, 15) is 4.79 Å². The summed E-state index contributed by atoms with van der Waals surface area (Å²) in [5.41, 5.74) is 2.13. The summed E-state index contributed by atoms with van der Waals surface area (Å²) in [6, 6.07) is 3.15. The van der Waals surface area contributed by atoms with Crippen LogP contribution in [0.5, 0.6) is 5.88 Å². The van der Waals surface area contributed by atoms with Crippen LogP contribution in [-0.4, -0.2) is 33.1 Å². The second-order valence-corrected chi connectivity index (χ2v) is 3.43. The van der Waals surface area contributed by atoms with Crippen LogP contribution in [0.25, 0.3) is 11.3 Å². The van der Waals surface area contributed by atoms with Crippen LogP contribution in [0.15, 0.2) is 18.5 Å². The Hall–Kier alpha value is -2.37. The molecular formula is C11H11N3O3. The Morgan fingerprint density at radius 2 is 2.18 bits per heavy atom. The van der Waals surface area contributed by atoms with E-state index >= 15 is 0 Å². The molecule has 0 aliphatic rings. The Bertz CT molecular complexity index is 563. The van der Waals surface area contributed by atoms with E-state index in [-0.39, 0.29) is 5.69 Å². The van der Waals surface area contributed by atoms with Crippen molar-refractivity contribution in [3.05, 3.63) is 29.8 Å². The minimum Gasteiger partial charge on any atom is -0.480 e. The number of ether oxygens (including phenoxy) is 1. The largest absolute Gasteiger partial charge is 0.480 e. The molecule has 0 atom stereocenters. The van der Waals surface area contributed by atoms with Gasteiger partial charge in [0, 0.05) is 0 Å². The molecule has 2 aromatic rings. The molecule has 0 saturated heterocycles. The van der Waals surface area contributed by atoms with Crippen molar-refractivity contribution in [3.8, 4) is 17.1 Å². The van der Waals surface area contributed by atoms with Crippen molar-refractivity contribution in [2.24, 2.45) is 0 Å². The summed E-state index contributed by atoms with van der Waals surface area (Å²) in [6.45, 7) is 1.81. The Morgan fingerprint density at radius 1 is 1.41 bits per heavy atom. The third kappa shape index (κ3) is 1.96. The minimum absolute atomic E-state index is 0.116. The van der Waals surface area contributed by atoms with Crippen LogP contribution in [0.1, 0.15) is 16.2 Å². The third-order valence-corrected chi connectivity index (χ3v) is 2.38. The summed E-state index contributed by atoms with van der Waals surface area (Å²) in [7, 11) is 1.51. The molecule has 88 valence electrons. The fourth-order valence-corrected chi connectivity index (χ4v) is 1.58. The fourth-order valence-electron chi connectivity index (χ4n) is 1.58. The normalized spacial score (nSPS) is 10.2. The number of hydrogen-bond acceptors (Lipinski definition) is 4. The number of carboxylic acid groups (broad SMARTS) is 1. The van der Waals surface area contributed by atoms with Crippen molar-refractivity contribution < 1.29 is 14.6 Å². The Labute approximate surface area is 97.3 Å². The lowest BCUT2D eigenvalue weighted by Gasteiger charge is -2.07. The van der Waals surface area contributed by atoms with Gasteiger partial charge >= 0.3 is 5.97 Å². The van der Waals surface area contributed by atoms with Crippen LogP contribution >= 0.6 is 0 Å². The highest BCUT2D eigenvalue weighted by molar-refractivity contribution is 5.87. The van der Waals surface area contributed by atoms with Crippen LogP contribution < -0.4 is 4.74 Å². The number of methoxy groups -OCH3 is 1. The molecule has 0 bridgehead atoms. The predicted molar refractivity (Wildman–Crippen MR) is 60.1 cm³/mol. The van der Waals surface area contributed by atoms with Crippen molar-refractivity contribution in [2.45, 2.75) is 6.92 Å². The van der Waals surface area contributed by atoms with E-state index in [0.717, 1.165) is 5.69 Å². The number of aromatic amines is 1. The van der Waals surface area contributed by atoms with Crippen LogP contribution in [0, 0.1) is 6.92 Å². The van der Waals surface area contributed by atoms with Crippen LogP contribution in [0.3, 0.4) is 0 Å². The Morgan fingerprint density at radius 3 is 2.76 bits per heavy atom. The Kier molecular flexibility index (Phi) is 2.78. The smallest absolute Gasteiger partial charge is 0.352 e. The lowest BCUT2D eigenvalue weighted by atomic mass is 10.2. The fraction of sp³-hybridized carbons (Fsp3) is 0.182. The highest BCUT2D eigenvalue weighted by Gasteiger charge is 2.14. The lowest BCUT2D eigenvalue weighted by Crippen LogP contribution is -1.99. The summed E-state index contributed by atoms with van der Waals surface area (Å²) in [6.07, 6.45) is 1.40. The number of rotatable bonds is 3. The average molecular weight is 233 g/mol. The highest BCUT2D eigenvalue weighted by Crippen LogP contribution is 2.29. The van der Waals surface area contributed by atoms with Crippen molar-refractivity contribution >= 4 is 5.97 Å². The number of carbonyl (C=O) groups is 1. The van der Waals surface area contributed by atoms with Crippen molar-refractivity contribution in [3.63, 3.8) is 0 Å². The van der Waals surface area contributed by atoms with E-state index in [4.69, 9.17) is 9.84 Å². The number of aromatic nitrogens is 3. The van der Waals surface area contributed by atoms with Gasteiger partial charge in [0.15, 0.2) is 0 Å². The van der Waals surface area contributed by atoms with E-state index in [2.05, 4.69) is 15.0 Å². The number of aryl methyl sites for hydroxylation is 1. The highest BCUT2D eigenvalue weighted by atomic mass is 16.5. The summed E-state index contributed by atoms with van der Waals surface area (Å²) >= 11 is 0. The first kappa shape index (κ1) is 11.1. The van der Waals surface area contributed by atoms with Gasteiger partial charge in [-0.05, 0) is 19.1 Å². The van der Waals surface area contributed by atoms with E-state index < -0.39 is 5.97 Å². The summed E-state index contributed by atoms with van der Waals surface area (Å²) in [5, 5.41) is 8.85. The van der Waals surface area contributed by atoms with Crippen molar-refractivity contribution in [1.29, 1.82) is 0 Å². The van der Waals surface area contributed by atoms with Gasteiger partial charge < -0.3 is 14.8 Å². The molecule has 0 saturated carbocycles. The standard InChI is InChI=1S/C11H11N3O3/c1-6-9(10(17-2)13-5-12-6)7-3-4-8(14-7)11(15)16/h3-5,14H,1-2H3,(H,15,16). The third-order valence-electron chi connectivity index (χ3n) is 2.38. The summed E-state index contributed by atoms with van der Waals surface area (Å²) in [5.74, 6) is -0.596. The van der Waals surface area contributed by atoms with Gasteiger partial charge in [0.05, 0.1) is 24.1 Å². The summed E-state index contributed by atoms with van der Waals surface area (Å²) < 4.78 is 5.13. The molecule has 2 heterocycles. The van der Waals surface area contributed by atoms with E-state index in [1.165, 1.54) is 19.5 Å². The van der Waals surface area contributed by atoms with Gasteiger partial charge in [-0.1, -0.05) is 0 Å². The molecule has 0 aliphatic heterocycles. The average Bonchev–Trinajstić information content (AvgIpc) is 2.77. The molecular weight excluding hydrogens is 222 g/mol. The second-order valence-electron chi connectivity index (χ2n) is 3.43. The molecule has 2 aromatic heterocycles. The van der Waals surface area contributed by atoms with Crippen LogP contribution in [0.4, 0.5) is 0 Å². The first-order chi connectivity index (χ1) is 8.13. The number of nitrogens with zero attached hydrogens (tertiary/aromatic N) is 2. The molecule has 0 spiro atoms. The number of nitrogens with one attached hydrogen (secondary N) is 1. The van der Waals surface area contributed by atoms with Crippen molar-refractivity contribution in [2.75, 3.05) is 7.11 Å². The second kappa shape index (κ2) is 4.25. The molecule has 2 rings (SSSR count). The minimum atomic E-state index is -1.01. The molecule has 0 aliphatic carbocycles. The summed E-state index contributed by atoms with van der Waals surface area (Å²) in [4.78, 5) is 21.6. The molecule has 0 amide bonds. The monoisotopic (exact) mass is 233 g/mol. The number of carboxylic acids is 1. The van der Waals surface area contributed by atoms with E-state index in [1.54, 1.807) is 13.0 Å². The molecule has 0 fully saturated rings. The molecule has 6 heteroatoms. The van der Waals surface area contributed by atoms with Gasteiger partial charge in [0.2, 0.25) is 5.88 Å². The first-order valence-corrected chi connectivity index (χ1v) is 4.91. The SMILES string of the molecule is COc1ncnc(C)c1-c1ccc(C(=O)O)[nH]1. The topological polar surface area (TPSA) is 88.1 Å². The number of aromatic carboxylic acids is 1. The van der Waals surface area contributed by atoms with E-state index in [0.29, 0.717) is 17.1 Å². The van der Waals surface area contributed by atoms with Gasteiger partial charge in [-0.15, -0.1) is 0 Å². The maximum absolute atomic E-state index is 10.8. The molecule has 17 heavy (non-hydrogen) atoms. The maximum Gasteiger partial charge on any atom is 0.352 e. The maximum atomic E-state index is 10.8. The zero-order chi connectivity index (χ0) is 12.4. The van der Waals surface area contributed by atoms with Gasteiger partial charge in [0.25, 0.3) is 0 Å². The zero-order valence-corrected chi connectivity index (χ0v) is 9.39.